The second kappa shape index (κ2) is 7.03. The van der Waals surface area contributed by atoms with Crippen LogP contribution in [0.25, 0.3) is 0 Å². The van der Waals surface area contributed by atoms with Crippen LogP contribution < -0.4 is 0 Å². The summed E-state index contributed by atoms with van der Waals surface area (Å²) in [6, 6.07) is 0. The van der Waals surface area contributed by atoms with Crippen LogP contribution in [0.4, 0.5) is 0 Å². The van der Waals surface area contributed by atoms with Gasteiger partial charge in [-0.3, -0.25) is 14.4 Å². The Morgan fingerprint density at radius 2 is 1.67 bits per heavy atom. The molecule has 1 aliphatic carbocycles. The molecule has 3 atom stereocenters. The third kappa shape index (κ3) is 3.11. The monoisotopic (exact) mass is 374 g/mol. The lowest BCUT2D eigenvalue weighted by Crippen LogP contribution is -2.65. The van der Waals surface area contributed by atoms with E-state index in [0.29, 0.717) is 12.8 Å². The molecule has 4 nitrogen and oxygen atoms in total. The Balaban J connectivity index is 2.68. The van der Waals surface area contributed by atoms with Crippen molar-refractivity contribution in [1.29, 1.82) is 0 Å². The summed E-state index contributed by atoms with van der Waals surface area (Å²) >= 11 is 0. The molecule has 27 heavy (non-hydrogen) atoms. The molecule has 0 aromatic rings. The highest BCUT2D eigenvalue weighted by atomic mass is 16.6. The van der Waals surface area contributed by atoms with Crippen molar-refractivity contribution in [2.45, 2.75) is 80.3 Å². The van der Waals surface area contributed by atoms with Crippen molar-refractivity contribution in [3.8, 4) is 0 Å². The van der Waals surface area contributed by atoms with Gasteiger partial charge in [0.15, 0.2) is 5.78 Å². The van der Waals surface area contributed by atoms with Crippen LogP contribution >= 0.6 is 0 Å². The minimum Gasteiger partial charge on any atom is -0.441 e. The fourth-order valence-corrected chi connectivity index (χ4v) is 4.56. The maximum atomic E-state index is 13.7. The maximum Gasteiger partial charge on any atom is 0.321 e. The SMILES string of the molecule is CC(C)=CC[C@@H]1C[C@]2(CC=C(C)C)C(=O)O[C@@](C(=O)C(C)C)(C2=O)C1(C)C. The van der Waals surface area contributed by atoms with Gasteiger partial charge in [0.1, 0.15) is 5.41 Å². The van der Waals surface area contributed by atoms with Gasteiger partial charge in [-0.2, -0.15) is 0 Å². The zero-order valence-corrected chi connectivity index (χ0v) is 18.1. The average molecular weight is 375 g/mol. The zero-order chi connectivity index (χ0) is 20.8. The van der Waals surface area contributed by atoms with Crippen LogP contribution in [0.1, 0.15) is 74.7 Å². The maximum absolute atomic E-state index is 13.7. The summed E-state index contributed by atoms with van der Waals surface area (Å²) in [5, 5.41) is 0. The van der Waals surface area contributed by atoms with Crippen molar-refractivity contribution in [3.63, 3.8) is 0 Å². The Hall–Kier alpha value is -1.71. The number of esters is 1. The molecule has 1 heterocycles. The zero-order valence-electron chi connectivity index (χ0n) is 18.1. The fraction of sp³-hybridized carbons (Fsp3) is 0.696. The third-order valence-electron chi connectivity index (χ3n) is 6.45. The van der Waals surface area contributed by atoms with E-state index in [4.69, 9.17) is 4.74 Å². The molecule has 2 rings (SSSR count). The van der Waals surface area contributed by atoms with E-state index in [9.17, 15) is 14.4 Å². The lowest BCUT2D eigenvalue weighted by molar-refractivity contribution is -0.179. The first-order valence-corrected chi connectivity index (χ1v) is 9.92. The Bertz CT molecular complexity index is 717. The summed E-state index contributed by atoms with van der Waals surface area (Å²) in [6.45, 7) is 15.3. The molecule has 0 radical (unpaired) electrons. The first-order valence-electron chi connectivity index (χ1n) is 9.92. The summed E-state index contributed by atoms with van der Waals surface area (Å²) in [7, 11) is 0. The Morgan fingerprint density at radius 1 is 1.11 bits per heavy atom. The standard InChI is InChI=1S/C23H34O4/c1-14(2)9-10-17-13-22(12-11-15(3)4)19(25)23(21(17,7)8,27-20(22)26)18(24)16(5)6/h9,11,16-17H,10,12-13H2,1-8H3/t17-,22+,23+/m1/s1. The van der Waals surface area contributed by atoms with Crippen molar-refractivity contribution in [3.05, 3.63) is 23.3 Å². The Labute approximate surface area is 163 Å². The summed E-state index contributed by atoms with van der Waals surface area (Å²) in [5.41, 5.74) is -1.44. The van der Waals surface area contributed by atoms with Crippen LogP contribution in [-0.2, 0) is 19.1 Å². The van der Waals surface area contributed by atoms with Crippen LogP contribution in [0.3, 0.4) is 0 Å². The van der Waals surface area contributed by atoms with E-state index >= 15 is 0 Å². The van der Waals surface area contributed by atoms with Gasteiger partial charge in [-0.25, -0.2) is 0 Å². The van der Waals surface area contributed by atoms with Gasteiger partial charge in [0.2, 0.25) is 11.4 Å². The highest BCUT2D eigenvalue weighted by molar-refractivity contribution is 6.25. The molecule has 0 unspecified atom stereocenters. The topological polar surface area (TPSA) is 60.4 Å². The Kier molecular flexibility index (Phi) is 5.62. The molecule has 1 saturated heterocycles. The van der Waals surface area contributed by atoms with Gasteiger partial charge in [-0.1, -0.05) is 51.0 Å². The van der Waals surface area contributed by atoms with E-state index in [1.165, 1.54) is 5.57 Å². The van der Waals surface area contributed by atoms with E-state index in [2.05, 4.69) is 6.08 Å². The van der Waals surface area contributed by atoms with Crippen LogP contribution in [0.15, 0.2) is 23.3 Å². The van der Waals surface area contributed by atoms with Crippen LogP contribution in [0, 0.1) is 22.7 Å². The molecule has 2 bridgehead atoms. The molecular formula is C23H34O4. The number of carbonyl (C=O) groups excluding carboxylic acids is 3. The number of rotatable bonds is 6. The molecule has 4 heteroatoms. The number of allylic oxidation sites excluding steroid dienone is 4. The van der Waals surface area contributed by atoms with Crippen molar-refractivity contribution in [2.24, 2.45) is 22.7 Å². The van der Waals surface area contributed by atoms with Crippen molar-refractivity contribution >= 4 is 17.5 Å². The number of carbonyl (C=O) groups is 3. The third-order valence-corrected chi connectivity index (χ3v) is 6.45. The van der Waals surface area contributed by atoms with Crippen molar-refractivity contribution < 1.29 is 19.1 Å². The van der Waals surface area contributed by atoms with Gasteiger partial charge >= 0.3 is 5.97 Å². The second-order valence-electron chi connectivity index (χ2n) is 9.63. The van der Waals surface area contributed by atoms with Crippen molar-refractivity contribution in [2.75, 3.05) is 0 Å². The van der Waals surface area contributed by atoms with Gasteiger partial charge in [-0.15, -0.1) is 0 Å². The Morgan fingerprint density at radius 3 is 2.15 bits per heavy atom. The van der Waals surface area contributed by atoms with E-state index < -0.39 is 22.4 Å². The number of fused-ring (bicyclic) bond motifs is 2. The lowest BCUT2D eigenvalue weighted by atomic mass is 9.50. The first-order chi connectivity index (χ1) is 12.3. The molecule has 2 aliphatic rings. The van der Waals surface area contributed by atoms with Gasteiger partial charge in [0, 0.05) is 11.3 Å². The molecule has 1 aliphatic heterocycles. The minimum atomic E-state index is -1.67. The highest BCUT2D eigenvalue weighted by Crippen LogP contribution is 2.62. The number of ether oxygens (including phenoxy) is 1. The predicted octanol–water partition coefficient (Wildman–Crippen LogP) is 4.82. The van der Waals surface area contributed by atoms with Crippen LogP contribution in [0.5, 0.6) is 0 Å². The van der Waals surface area contributed by atoms with Crippen LogP contribution in [-0.4, -0.2) is 23.1 Å². The molecule has 2 fully saturated rings. The molecule has 1 saturated carbocycles. The van der Waals surface area contributed by atoms with Gasteiger partial charge in [0.25, 0.3) is 0 Å². The smallest absolute Gasteiger partial charge is 0.321 e. The fourth-order valence-electron chi connectivity index (χ4n) is 4.56. The molecule has 0 spiro atoms. The normalized spacial score (nSPS) is 31.5. The largest absolute Gasteiger partial charge is 0.441 e. The van der Waals surface area contributed by atoms with Gasteiger partial charge in [-0.05, 0) is 52.9 Å². The van der Waals surface area contributed by atoms with E-state index in [1.54, 1.807) is 13.8 Å². The number of hydrogen-bond acceptors (Lipinski definition) is 4. The summed E-state index contributed by atoms with van der Waals surface area (Å²) < 4.78 is 5.81. The quantitative estimate of drug-likeness (QED) is 0.380. The number of ketones is 2. The first kappa shape index (κ1) is 21.6. The van der Waals surface area contributed by atoms with E-state index in [-0.39, 0.29) is 23.4 Å². The molecule has 150 valence electrons. The average Bonchev–Trinajstić information content (AvgIpc) is 2.73. The molecular weight excluding hydrogens is 340 g/mol. The van der Waals surface area contributed by atoms with E-state index in [1.807, 2.05) is 47.6 Å². The number of Topliss-reactive ketones (excluding diaryl/α,β-unsaturated/α-hetero) is 2. The highest BCUT2D eigenvalue weighted by Gasteiger charge is 2.77. The predicted molar refractivity (Wildman–Crippen MR) is 106 cm³/mol. The summed E-state index contributed by atoms with van der Waals surface area (Å²) in [5.74, 6) is -1.50. The van der Waals surface area contributed by atoms with Crippen molar-refractivity contribution in [1.82, 2.24) is 0 Å². The molecule has 0 aromatic carbocycles. The van der Waals surface area contributed by atoms with Crippen LogP contribution in [0.2, 0.25) is 0 Å². The molecule has 0 aromatic heterocycles. The molecule has 0 N–H and O–H groups in total. The molecule has 0 amide bonds. The van der Waals surface area contributed by atoms with E-state index in [0.717, 1.165) is 12.0 Å². The van der Waals surface area contributed by atoms with Gasteiger partial charge < -0.3 is 4.74 Å². The summed E-state index contributed by atoms with van der Waals surface area (Å²) in [6.07, 6.45) is 5.52. The van der Waals surface area contributed by atoms with Gasteiger partial charge in [0.05, 0.1) is 0 Å². The summed E-state index contributed by atoms with van der Waals surface area (Å²) in [4.78, 5) is 40.0. The second-order valence-corrected chi connectivity index (χ2v) is 9.63. The number of hydrogen-bond donors (Lipinski definition) is 0. The minimum absolute atomic E-state index is 0.00446. The lowest BCUT2D eigenvalue weighted by Gasteiger charge is -2.50.